The van der Waals surface area contributed by atoms with Gasteiger partial charge < -0.3 is 5.73 Å². The van der Waals surface area contributed by atoms with Crippen LogP contribution in [0.5, 0.6) is 0 Å². The van der Waals surface area contributed by atoms with Crippen LogP contribution in [0.2, 0.25) is 0 Å². The van der Waals surface area contributed by atoms with E-state index in [1.165, 1.54) is 11.1 Å². The van der Waals surface area contributed by atoms with Crippen LogP contribution in [0.4, 0.5) is 0 Å². The third-order valence-electron chi connectivity index (χ3n) is 3.03. The molecule has 2 aromatic rings. The summed E-state index contributed by atoms with van der Waals surface area (Å²) in [7, 11) is 0. The zero-order valence-corrected chi connectivity index (χ0v) is 14.4. The molecule has 2 aliphatic carbocycles. The fraction of sp³-hybridized carbons (Fsp3) is 0. The minimum Gasteiger partial charge on any atom is -0.436 e. The summed E-state index contributed by atoms with van der Waals surface area (Å²) in [6, 6.07) is 15.7. The SMILES string of the molecule is NC1=C[CH-]C(=C2C=CC=C2)C=C1.[Fe+2].c1cc[cH-]c1.c1ccncc1. The quantitative estimate of drug-likeness (QED) is 0.557. The van der Waals surface area contributed by atoms with Crippen LogP contribution >= 0.6 is 0 Å². The zero-order chi connectivity index (χ0) is 16.2. The number of nitrogens with zero attached hydrogens (tertiary/aromatic N) is 1. The molecule has 0 saturated carbocycles. The van der Waals surface area contributed by atoms with Crippen molar-refractivity contribution in [2.75, 3.05) is 0 Å². The molecule has 0 aliphatic heterocycles. The van der Waals surface area contributed by atoms with E-state index in [4.69, 9.17) is 5.73 Å². The van der Waals surface area contributed by atoms with Crippen molar-refractivity contribution in [2.45, 2.75) is 0 Å². The Bertz CT molecular complexity index is 648. The van der Waals surface area contributed by atoms with Crippen molar-refractivity contribution in [2.24, 2.45) is 5.73 Å². The molecule has 1 aromatic carbocycles. The Morgan fingerprint density at radius 3 is 1.83 bits per heavy atom. The predicted molar refractivity (Wildman–Crippen MR) is 97.3 cm³/mol. The number of rotatable bonds is 0. The molecule has 2 aliphatic rings. The summed E-state index contributed by atoms with van der Waals surface area (Å²) >= 11 is 0. The third kappa shape index (κ3) is 7.59. The first kappa shape index (κ1) is 19.4. The van der Waals surface area contributed by atoms with Gasteiger partial charge in [0.25, 0.3) is 0 Å². The molecular formula is C21H20FeN2. The number of hydrogen-bond donors (Lipinski definition) is 1. The Balaban J connectivity index is 0.000000202. The van der Waals surface area contributed by atoms with Gasteiger partial charge in [0.15, 0.2) is 0 Å². The van der Waals surface area contributed by atoms with Crippen LogP contribution in [0.3, 0.4) is 0 Å². The molecule has 24 heavy (non-hydrogen) atoms. The molecule has 2 nitrogen and oxygen atoms in total. The van der Waals surface area contributed by atoms with Crippen LogP contribution in [0, 0.1) is 6.42 Å². The molecule has 0 amide bonds. The molecule has 4 rings (SSSR count). The number of hydrogen-bond acceptors (Lipinski definition) is 2. The first-order valence-electron chi connectivity index (χ1n) is 7.45. The molecule has 1 aromatic heterocycles. The van der Waals surface area contributed by atoms with E-state index in [-0.39, 0.29) is 17.1 Å². The molecule has 0 atom stereocenters. The third-order valence-corrected chi connectivity index (χ3v) is 3.03. The maximum atomic E-state index is 5.58. The zero-order valence-electron chi connectivity index (χ0n) is 13.3. The molecule has 0 bridgehead atoms. The summed E-state index contributed by atoms with van der Waals surface area (Å²) in [6.45, 7) is 0. The van der Waals surface area contributed by atoms with Crippen LogP contribution in [-0.4, -0.2) is 4.98 Å². The van der Waals surface area contributed by atoms with E-state index in [2.05, 4.69) is 17.1 Å². The topological polar surface area (TPSA) is 38.9 Å². The number of pyridine rings is 1. The molecule has 0 unspecified atom stereocenters. The van der Waals surface area contributed by atoms with Crippen LogP contribution in [-0.2, 0) is 17.1 Å². The van der Waals surface area contributed by atoms with E-state index >= 15 is 0 Å². The van der Waals surface area contributed by atoms with Crippen LogP contribution in [0.25, 0.3) is 0 Å². The van der Waals surface area contributed by atoms with Crippen LogP contribution in [0.15, 0.2) is 120 Å². The fourth-order valence-corrected chi connectivity index (χ4v) is 1.88. The molecule has 0 saturated heterocycles. The number of nitrogens with two attached hydrogens (primary N) is 1. The Labute approximate surface area is 154 Å². The largest absolute Gasteiger partial charge is 2.00 e. The second-order valence-electron chi connectivity index (χ2n) is 4.78. The summed E-state index contributed by atoms with van der Waals surface area (Å²) in [5, 5.41) is 0. The van der Waals surface area contributed by atoms with Crippen molar-refractivity contribution in [1.29, 1.82) is 0 Å². The molecule has 0 radical (unpaired) electrons. The van der Waals surface area contributed by atoms with Crippen molar-refractivity contribution in [3.8, 4) is 0 Å². The summed E-state index contributed by atoms with van der Waals surface area (Å²) in [5.41, 5.74) is 8.85. The van der Waals surface area contributed by atoms with E-state index in [0.717, 1.165) is 5.70 Å². The van der Waals surface area contributed by atoms with Crippen LogP contribution in [0.1, 0.15) is 0 Å². The molecule has 3 heteroatoms. The summed E-state index contributed by atoms with van der Waals surface area (Å²) in [6.07, 6.45) is 19.6. The van der Waals surface area contributed by atoms with Gasteiger partial charge in [-0.3, -0.25) is 4.98 Å². The van der Waals surface area contributed by atoms with Crippen molar-refractivity contribution < 1.29 is 17.1 Å². The summed E-state index contributed by atoms with van der Waals surface area (Å²) in [5.74, 6) is 0. The monoisotopic (exact) mass is 356 g/mol. The van der Waals surface area contributed by atoms with Gasteiger partial charge in [-0.25, -0.2) is 12.1 Å². The van der Waals surface area contributed by atoms with Gasteiger partial charge in [0.05, 0.1) is 0 Å². The first-order chi connectivity index (χ1) is 11.4. The summed E-state index contributed by atoms with van der Waals surface area (Å²) in [4.78, 5) is 3.78. The second-order valence-corrected chi connectivity index (χ2v) is 4.78. The van der Waals surface area contributed by atoms with E-state index in [1.807, 2.05) is 85.3 Å². The maximum absolute atomic E-state index is 5.58. The van der Waals surface area contributed by atoms with Gasteiger partial charge in [0.1, 0.15) is 0 Å². The van der Waals surface area contributed by atoms with Crippen molar-refractivity contribution >= 4 is 0 Å². The Kier molecular flexibility index (Phi) is 9.63. The number of aromatic nitrogens is 1. The van der Waals surface area contributed by atoms with Crippen molar-refractivity contribution in [3.05, 3.63) is 127 Å². The van der Waals surface area contributed by atoms with Crippen molar-refractivity contribution in [1.82, 2.24) is 4.98 Å². The van der Waals surface area contributed by atoms with Gasteiger partial charge >= 0.3 is 17.1 Å². The number of allylic oxidation sites excluding steroid dienone is 9. The Hall–Kier alpha value is -2.61. The molecule has 2 N–H and O–H groups in total. The predicted octanol–water partition coefficient (Wildman–Crippen LogP) is 4.51. The molecule has 0 spiro atoms. The van der Waals surface area contributed by atoms with Gasteiger partial charge in [0, 0.05) is 12.4 Å². The van der Waals surface area contributed by atoms with Gasteiger partial charge in [0.2, 0.25) is 0 Å². The fourth-order valence-electron chi connectivity index (χ4n) is 1.88. The average Bonchev–Trinajstić information content (AvgIpc) is 3.34. The van der Waals surface area contributed by atoms with E-state index in [9.17, 15) is 0 Å². The Morgan fingerprint density at radius 2 is 1.46 bits per heavy atom. The standard InChI is InChI=1S/C11H10N.C5H5N.C5H5.Fe/c12-11-7-5-10(6-8-11)9-3-1-2-4-9;1-2-4-6-5-3-1;1-2-4-5-3-1;/h1-8H,12H2;1-5H;1-5H;/q-1;;-1;+2. The van der Waals surface area contributed by atoms with Crippen LogP contribution < -0.4 is 5.73 Å². The molecule has 1 heterocycles. The van der Waals surface area contributed by atoms with E-state index in [0.29, 0.717) is 0 Å². The maximum Gasteiger partial charge on any atom is 2.00 e. The van der Waals surface area contributed by atoms with Crippen molar-refractivity contribution in [3.63, 3.8) is 0 Å². The minimum absolute atomic E-state index is 0. The minimum atomic E-state index is 0. The smallest absolute Gasteiger partial charge is 0.436 e. The Morgan fingerprint density at radius 1 is 0.792 bits per heavy atom. The van der Waals surface area contributed by atoms with Gasteiger partial charge in [-0.2, -0.15) is 18.2 Å². The van der Waals surface area contributed by atoms with Gasteiger partial charge in [-0.05, 0) is 12.1 Å². The second kappa shape index (κ2) is 11.9. The van der Waals surface area contributed by atoms with E-state index < -0.39 is 0 Å². The average molecular weight is 356 g/mol. The van der Waals surface area contributed by atoms with Gasteiger partial charge in [-0.1, -0.05) is 41.6 Å². The van der Waals surface area contributed by atoms with E-state index in [1.54, 1.807) is 12.4 Å². The first-order valence-corrected chi connectivity index (χ1v) is 7.45. The molecular weight excluding hydrogens is 336 g/mol. The van der Waals surface area contributed by atoms with Gasteiger partial charge in [-0.15, -0.1) is 30.2 Å². The normalized spacial score (nSPS) is 13.6. The molecule has 0 fully saturated rings. The summed E-state index contributed by atoms with van der Waals surface area (Å²) < 4.78 is 0. The molecule has 122 valence electrons.